The van der Waals surface area contributed by atoms with E-state index >= 15 is 0 Å². The standard InChI is InChI=1S/C27H32N2O3/c1-19(2)16-28-27(31)21(4)29(17-22-10-7-9-20(3)15-22)26(30)18-32-25-14-8-12-23-11-5-6-13-24(23)25/h5-15,19,21H,16-18H2,1-4H3,(H,28,31)/t21-/m0/s1. The second-order valence-electron chi connectivity index (χ2n) is 8.59. The van der Waals surface area contributed by atoms with Gasteiger partial charge >= 0.3 is 0 Å². The van der Waals surface area contributed by atoms with Gasteiger partial charge in [0.15, 0.2) is 6.61 Å². The highest BCUT2D eigenvalue weighted by molar-refractivity contribution is 5.90. The number of fused-ring (bicyclic) bond motifs is 1. The maximum absolute atomic E-state index is 13.2. The molecule has 0 aliphatic rings. The van der Waals surface area contributed by atoms with Crippen molar-refractivity contribution < 1.29 is 14.3 Å². The molecule has 3 aromatic carbocycles. The van der Waals surface area contributed by atoms with Crippen molar-refractivity contribution in [3.63, 3.8) is 0 Å². The summed E-state index contributed by atoms with van der Waals surface area (Å²) in [4.78, 5) is 27.6. The van der Waals surface area contributed by atoms with Gasteiger partial charge in [0.05, 0.1) is 0 Å². The van der Waals surface area contributed by atoms with E-state index in [4.69, 9.17) is 4.74 Å². The van der Waals surface area contributed by atoms with E-state index in [0.29, 0.717) is 24.8 Å². The van der Waals surface area contributed by atoms with Gasteiger partial charge < -0.3 is 15.0 Å². The second-order valence-corrected chi connectivity index (χ2v) is 8.59. The molecule has 0 saturated carbocycles. The monoisotopic (exact) mass is 432 g/mol. The molecule has 168 valence electrons. The minimum atomic E-state index is -0.613. The van der Waals surface area contributed by atoms with Gasteiger partial charge in [0, 0.05) is 18.5 Å². The predicted octanol–water partition coefficient (Wildman–Crippen LogP) is 4.72. The Morgan fingerprint density at radius 2 is 1.69 bits per heavy atom. The number of carbonyl (C=O) groups excluding carboxylic acids is 2. The van der Waals surface area contributed by atoms with Crippen LogP contribution in [0, 0.1) is 12.8 Å². The smallest absolute Gasteiger partial charge is 0.261 e. The maximum Gasteiger partial charge on any atom is 0.261 e. The lowest BCUT2D eigenvalue weighted by molar-refractivity contribution is -0.142. The first-order valence-corrected chi connectivity index (χ1v) is 11.1. The van der Waals surface area contributed by atoms with Gasteiger partial charge in [-0.2, -0.15) is 0 Å². The molecule has 0 spiro atoms. The quantitative estimate of drug-likeness (QED) is 0.532. The predicted molar refractivity (Wildman–Crippen MR) is 128 cm³/mol. The minimum absolute atomic E-state index is 0.137. The molecule has 1 N–H and O–H groups in total. The Morgan fingerprint density at radius 1 is 0.969 bits per heavy atom. The molecule has 0 fully saturated rings. The third-order valence-corrected chi connectivity index (χ3v) is 5.39. The number of benzene rings is 3. The highest BCUT2D eigenvalue weighted by Crippen LogP contribution is 2.25. The van der Waals surface area contributed by atoms with Crippen molar-refractivity contribution in [1.82, 2.24) is 10.2 Å². The molecule has 32 heavy (non-hydrogen) atoms. The van der Waals surface area contributed by atoms with Gasteiger partial charge in [-0.05, 0) is 36.8 Å². The lowest BCUT2D eigenvalue weighted by atomic mass is 10.1. The average molecular weight is 433 g/mol. The summed E-state index contributed by atoms with van der Waals surface area (Å²) in [7, 11) is 0. The molecule has 1 atom stereocenters. The van der Waals surface area contributed by atoms with Crippen LogP contribution in [0.3, 0.4) is 0 Å². The highest BCUT2D eigenvalue weighted by Gasteiger charge is 2.26. The third-order valence-electron chi connectivity index (χ3n) is 5.39. The normalized spacial score (nSPS) is 11.9. The molecule has 0 unspecified atom stereocenters. The summed E-state index contributed by atoms with van der Waals surface area (Å²) in [5.41, 5.74) is 2.09. The molecule has 0 aliphatic carbocycles. The van der Waals surface area contributed by atoms with E-state index in [-0.39, 0.29) is 18.4 Å². The number of nitrogens with zero attached hydrogens (tertiary/aromatic N) is 1. The highest BCUT2D eigenvalue weighted by atomic mass is 16.5. The average Bonchev–Trinajstić information content (AvgIpc) is 2.79. The number of hydrogen-bond acceptors (Lipinski definition) is 3. The largest absolute Gasteiger partial charge is 0.483 e. The Labute approximate surface area is 190 Å². The summed E-state index contributed by atoms with van der Waals surface area (Å²) in [6.07, 6.45) is 0. The van der Waals surface area contributed by atoms with E-state index in [1.165, 1.54) is 0 Å². The van der Waals surface area contributed by atoms with Crippen molar-refractivity contribution in [2.75, 3.05) is 13.2 Å². The van der Waals surface area contributed by atoms with E-state index in [2.05, 4.69) is 5.32 Å². The van der Waals surface area contributed by atoms with Gasteiger partial charge in [-0.25, -0.2) is 0 Å². The topological polar surface area (TPSA) is 58.6 Å². The fourth-order valence-corrected chi connectivity index (χ4v) is 3.59. The van der Waals surface area contributed by atoms with Crippen LogP contribution in [0.4, 0.5) is 0 Å². The van der Waals surface area contributed by atoms with Crippen molar-refractivity contribution in [3.05, 3.63) is 77.9 Å². The van der Waals surface area contributed by atoms with Crippen LogP contribution in [-0.2, 0) is 16.1 Å². The van der Waals surface area contributed by atoms with Crippen LogP contribution in [0.1, 0.15) is 31.9 Å². The summed E-state index contributed by atoms with van der Waals surface area (Å²) < 4.78 is 5.93. The molecule has 0 heterocycles. The third kappa shape index (κ3) is 6.10. The number of ether oxygens (including phenoxy) is 1. The molecular formula is C27H32N2O3. The Hall–Kier alpha value is -3.34. The van der Waals surface area contributed by atoms with Gasteiger partial charge in [-0.15, -0.1) is 0 Å². The summed E-state index contributed by atoms with van der Waals surface area (Å²) in [5, 5.41) is 4.94. The number of aryl methyl sites for hydroxylation is 1. The number of hydrogen-bond donors (Lipinski definition) is 1. The Bertz CT molecular complexity index is 1070. The van der Waals surface area contributed by atoms with Crippen LogP contribution in [0.2, 0.25) is 0 Å². The van der Waals surface area contributed by atoms with Crippen LogP contribution in [0.5, 0.6) is 5.75 Å². The summed E-state index contributed by atoms with van der Waals surface area (Å²) in [5.74, 6) is 0.599. The summed E-state index contributed by atoms with van der Waals surface area (Å²) >= 11 is 0. The van der Waals surface area contributed by atoms with Gasteiger partial charge in [0.2, 0.25) is 5.91 Å². The first-order valence-electron chi connectivity index (χ1n) is 11.1. The number of carbonyl (C=O) groups is 2. The number of amides is 2. The molecule has 3 rings (SSSR count). The first kappa shape index (κ1) is 23.3. The molecule has 5 nitrogen and oxygen atoms in total. The SMILES string of the molecule is Cc1cccc(CN(C(=O)COc2cccc3ccccc23)[C@@H](C)C(=O)NCC(C)C)c1. The molecule has 0 radical (unpaired) electrons. The molecule has 0 bridgehead atoms. The number of rotatable bonds is 9. The maximum atomic E-state index is 13.2. The Balaban J connectivity index is 1.77. The zero-order valence-electron chi connectivity index (χ0n) is 19.3. The fraction of sp³-hybridized carbons (Fsp3) is 0.333. The van der Waals surface area contributed by atoms with Crippen molar-refractivity contribution in [1.29, 1.82) is 0 Å². The van der Waals surface area contributed by atoms with Crippen LogP contribution in [0.15, 0.2) is 66.7 Å². The molecule has 0 aliphatic heterocycles. The first-order chi connectivity index (χ1) is 15.3. The summed E-state index contributed by atoms with van der Waals surface area (Å²) in [6.45, 7) is 8.63. The van der Waals surface area contributed by atoms with Crippen LogP contribution in [0.25, 0.3) is 10.8 Å². The molecule has 2 amide bonds. The van der Waals surface area contributed by atoms with Crippen LogP contribution < -0.4 is 10.1 Å². The molecule has 0 aromatic heterocycles. The van der Waals surface area contributed by atoms with Crippen LogP contribution in [-0.4, -0.2) is 35.9 Å². The van der Waals surface area contributed by atoms with Gasteiger partial charge in [0.1, 0.15) is 11.8 Å². The molecule has 3 aromatic rings. The van der Waals surface area contributed by atoms with Crippen molar-refractivity contribution in [2.24, 2.45) is 5.92 Å². The molecule has 5 heteroatoms. The molecule has 0 saturated heterocycles. The van der Waals surface area contributed by atoms with Crippen LogP contribution >= 0.6 is 0 Å². The van der Waals surface area contributed by atoms with Gasteiger partial charge in [-0.1, -0.05) is 80.1 Å². The zero-order chi connectivity index (χ0) is 23.1. The Morgan fingerprint density at radius 3 is 2.44 bits per heavy atom. The lowest BCUT2D eigenvalue weighted by Crippen LogP contribution is -2.49. The second kappa shape index (κ2) is 10.8. The zero-order valence-corrected chi connectivity index (χ0v) is 19.3. The fourth-order valence-electron chi connectivity index (χ4n) is 3.59. The van der Waals surface area contributed by atoms with Crippen molar-refractivity contribution >= 4 is 22.6 Å². The van der Waals surface area contributed by atoms with E-state index < -0.39 is 6.04 Å². The Kier molecular flexibility index (Phi) is 7.87. The van der Waals surface area contributed by atoms with Crippen molar-refractivity contribution in [2.45, 2.75) is 40.3 Å². The van der Waals surface area contributed by atoms with Crippen molar-refractivity contribution in [3.8, 4) is 5.75 Å². The lowest BCUT2D eigenvalue weighted by Gasteiger charge is -2.29. The number of nitrogens with one attached hydrogen (secondary N) is 1. The van der Waals surface area contributed by atoms with Gasteiger partial charge in [-0.3, -0.25) is 9.59 Å². The van der Waals surface area contributed by atoms with E-state index in [0.717, 1.165) is 21.9 Å². The summed E-state index contributed by atoms with van der Waals surface area (Å²) in [6, 6.07) is 21.0. The van der Waals surface area contributed by atoms with Gasteiger partial charge in [0.25, 0.3) is 5.91 Å². The minimum Gasteiger partial charge on any atom is -0.483 e. The van der Waals surface area contributed by atoms with E-state index in [9.17, 15) is 9.59 Å². The molecular weight excluding hydrogens is 400 g/mol. The van der Waals surface area contributed by atoms with E-state index in [1.807, 2.05) is 87.5 Å². The van der Waals surface area contributed by atoms with E-state index in [1.54, 1.807) is 11.8 Å².